The van der Waals surface area contributed by atoms with Gasteiger partial charge in [0.2, 0.25) is 6.41 Å². The van der Waals surface area contributed by atoms with E-state index in [1.54, 1.807) is 10.6 Å². The van der Waals surface area contributed by atoms with E-state index in [4.69, 9.17) is 0 Å². The average molecular weight is 320 g/mol. The van der Waals surface area contributed by atoms with Crippen LogP contribution >= 0.6 is 0 Å². The highest BCUT2D eigenvalue weighted by molar-refractivity contribution is 5.75. The Morgan fingerprint density at radius 1 is 1.43 bits per heavy atom. The Morgan fingerprint density at radius 2 is 2.17 bits per heavy atom. The van der Waals surface area contributed by atoms with Crippen molar-refractivity contribution in [2.24, 2.45) is 0 Å². The number of aromatic nitrogens is 2. The Hall–Kier alpha value is -2.15. The quantitative estimate of drug-likeness (QED) is 0.815. The van der Waals surface area contributed by atoms with E-state index in [0.29, 0.717) is 11.0 Å². The van der Waals surface area contributed by atoms with Crippen molar-refractivity contribution in [3.63, 3.8) is 0 Å². The molecule has 1 aromatic heterocycles. The van der Waals surface area contributed by atoms with Gasteiger partial charge in [-0.15, -0.1) is 0 Å². The van der Waals surface area contributed by atoms with Crippen molar-refractivity contribution in [2.75, 3.05) is 19.6 Å². The lowest BCUT2D eigenvalue weighted by Crippen LogP contribution is -2.43. The van der Waals surface area contributed by atoms with Crippen LogP contribution in [-0.4, -0.2) is 46.5 Å². The third-order valence-electron chi connectivity index (χ3n) is 4.49. The maximum atomic E-state index is 13.5. The molecule has 2 heterocycles. The van der Waals surface area contributed by atoms with E-state index in [0.717, 1.165) is 38.9 Å². The smallest absolute Gasteiger partial charge is 0.326 e. The molecule has 1 aromatic carbocycles. The van der Waals surface area contributed by atoms with Gasteiger partial charge < -0.3 is 15.2 Å². The maximum Gasteiger partial charge on any atom is 0.326 e. The molecule has 23 heavy (non-hydrogen) atoms. The summed E-state index contributed by atoms with van der Waals surface area (Å²) in [5, 5.41) is 2.75. The van der Waals surface area contributed by atoms with Crippen LogP contribution in [0.2, 0.25) is 0 Å². The molecule has 1 amide bonds. The first-order valence-electron chi connectivity index (χ1n) is 7.90. The minimum Gasteiger partial charge on any atom is -0.355 e. The van der Waals surface area contributed by atoms with Crippen LogP contribution in [0.25, 0.3) is 11.0 Å². The van der Waals surface area contributed by atoms with E-state index in [1.807, 2.05) is 6.92 Å². The van der Waals surface area contributed by atoms with Gasteiger partial charge in [-0.05, 0) is 38.0 Å². The highest BCUT2D eigenvalue weighted by Gasteiger charge is 2.24. The summed E-state index contributed by atoms with van der Waals surface area (Å²) in [6.45, 7) is 4.46. The molecule has 0 bridgehead atoms. The van der Waals surface area contributed by atoms with Gasteiger partial charge in [-0.1, -0.05) is 0 Å². The molecule has 1 fully saturated rings. The highest BCUT2D eigenvalue weighted by Crippen LogP contribution is 2.25. The minimum absolute atomic E-state index is 0.0728. The van der Waals surface area contributed by atoms with Crippen LogP contribution in [0.1, 0.15) is 25.8 Å². The summed E-state index contributed by atoms with van der Waals surface area (Å²) in [5.74, 6) is -0.337. The number of nitrogens with one attached hydrogen (secondary N) is 2. The Morgan fingerprint density at radius 3 is 2.87 bits per heavy atom. The van der Waals surface area contributed by atoms with E-state index in [1.165, 1.54) is 12.1 Å². The summed E-state index contributed by atoms with van der Waals surface area (Å²) < 4.78 is 15.2. The number of hydrogen-bond acceptors (Lipinski definition) is 3. The number of nitrogens with zero attached hydrogens (tertiary/aromatic N) is 2. The number of hydrogen-bond donors (Lipinski definition) is 2. The lowest BCUT2D eigenvalue weighted by molar-refractivity contribution is -0.110. The fourth-order valence-electron chi connectivity index (χ4n) is 3.37. The van der Waals surface area contributed by atoms with Crippen molar-refractivity contribution in [2.45, 2.75) is 31.8 Å². The second-order valence-electron chi connectivity index (χ2n) is 6.18. The predicted molar refractivity (Wildman–Crippen MR) is 85.9 cm³/mol. The Kier molecular flexibility index (Phi) is 4.47. The fourth-order valence-corrected chi connectivity index (χ4v) is 3.37. The molecule has 3 rings (SSSR count). The zero-order valence-corrected chi connectivity index (χ0v) is 13.1. The topological polar surface area (TPSA) is 70.1 Å². The van der Waals surface area contributed by atoms with Gasteiger partial charge in [0.05, 0.1) is 11.0 Å². The molecule has 1 unspecified atom stereocenters. The number of H-pyrrole nitrogens is 1. The molecule has 1 saturated heterocycles. The summed E-state index contributed by atoms with van der Waals surface area (Å²) >= 11 is 0. The summed E-state index contributed by atoms with van der Waals surface area (Å²) in [7, 11) is 0. The van der Waals surface area contributed by atoms with Crippen LogP contribution in [0.3, 0.4) is 0 Å². The molecule has 2 aromatic rings. The van der Waals surface area contributed by atoms with Gasteiger partial charge in [-0.2, -0.15) is 0 Å². The van der Waals surface area contributed by atoms with Crippen LogP contribution in [-0.2, 0) is 4.79 Å². The minimum atomic E-state index is -0.337. The van der Waals surface area contributed by atoms with Gasteiger partial charge in [-0.3, -0.25) is 9.36 Å². The van der Waals surface area contributed by atoms with Crippen molar-refractivity contribution in [3.8, 4) is 0 Å². The third-order valence-corrected chi connectivity index (χ3v) is 4.49. The predicted octanol–water partition coefficient (Wildman–Crippen LogP) is 1.24. The molecule has 6 nitrogen and oxygen atoms in total. The monoisotopic (exact) mass is 320 g/mol. The molecule has 1 aliphatic rings. The molecular weight excluding hydrogens is 299 g/mol. The van der Waals surface area contributed by atoms with E-state index in [9.17, 15) is 14.0 Å². The van der Waals surface area contributed by atoms with Crippen LogP contribution < -0.4 is 11.0 Å². The second kappa shape index (κ2) is 6.54. The van der Waals surface area contributed by atoms with Crippen LogP contribution in [0.15, 0.2) is 23.0 Å². The second-order valence-corrected chi connectivity index (χ2v) is 6.18. The van der Waals surface area contributed by atoms with Gasteiger partial charge in [-0.25, -0.2) is 9.18 Å². The first kappa shape index (κ1) is 15.7. The molecule has 1 aliphatic heterocycles. The number of imidazole rings is 1. The van der Waals surface area contributed by atoms with E-state index < -0.39 is 0 Å². The fraction of sp³-hybridized carbons (Fsp3) is 0.500. The molecule has 0 radical (unpaired) electrons. The van der Waals surface area contributed by atoms with Crippen molar-refractivity contribution >= 4 is 17.4 Å². The molecule has 2 N–H and O–H groups in total. The number of likely N-dealkylation sites (tertiary alicyclic amines) is 1. The van der Waals surface area contributed by atoms with Crippen LogP contribution in [0.4, 0.5) is 4.39 Å². The van der Waals surface area contributed by atoms with Crippen LogP contribution in [0.5, 0.6) is 0 Å². The molecule has 1 atom stereocenters. The number of fused-ring (bicyclic) bond motifs is 1. The van der Waals surface area contributed by atoms with Crippen molar-refractivity contribution < 1.29 is 9.18 Å². The number of amides is 1. The molecule has 0 spiro atoms. The van der Waals surface area contributed by atoms with Crippen molar-refractivity contribution in [1.82, 2.24) is 19.8 Å². The zero-order chi connectivity index (χ0) is 16.4. The van der Waals surface area contributed by atoms with E-state index in [2.05, 4.69) is 15.2 Å². The third kappa shape index (κ3) is 3.29. The molecular formula is C16H21FN4O2. The zero-order valence-electron chi connectivity index (χ0n) is 13.1. The summed E-state index contributed by atoms with van der Waals surface area (Å²) in [5.41, 5.74) is 1.12. The van der Waals surface area contributed by atoms with Gasteiger partial charge in [0.1, 0.15) is 5.82 Å². The normalized spacial score (nSPS) is 18.2. The molecule has 0 saturated carbocycles. The van der Waals surface area contributed by atoms with Gasteiger partial charge in [0.15, 0.2) is 0 Å². The lowest BCUT2D eigenvalue weighted by Gasteiger charge is -2.33. The maximum absolute atomic E-state index is 13.5. The number of carbonyl (C=O) groups is 1. The largest absolute Gasteiger partial charge is 0.355 e. The van der Waals surface area contributed by atoms with Crippen LogP contribution in [0, 0.1) is 5.82 Å². The van der Waals surface area contributed by atoms with Gasteiger partial charge in [0.25, 0.3) is 0 Å². The Labute approximate surface area is 133 Å². The SMILES string of the molecule is CC(CN1CCC(n2c(=O)[nH]c3ccc(F)cc32)CC1)NC=O. The Bertz CT molecular complexity index is 746. The molecule has 0 aliphatic carbocycles. The number of carbonyl (C=O) groups excluding carboxylic acids is 1. The van der Waals surface area contributed by atoms with Gasteiger partial charge >= 0.3 is 5.69 Å². The average Bonchev–Trinajstić information content (AvgIpc) is 2.84. The summed E-state index contributed by atoms with van der Waals surface area (Å²) in [6.07, 6.45) is 2.38. The Balaban J connectivity index is 1.73. The van der Waals surface area contributed by atoms with E-state index >= 15 is 0 Å². The number of rotatable bonds is 5. The van der Waals surface area contributed by atoms with Crippen molar-refractivity contribution in [1.29, 1.82) is 0 Å². The molecule has 7 heteroatoms. The number of benzene rings is 1. The van der Waals surface area contributed by atoms with Crippen molar-refractivity contribution in [3.05, 3.63) is 34.5 Å². The van der Waals surface area contributed by atoms with E-state index in [-0.39, 0.29) is 23.6 Å². The number of piperidine rings is 1. The molecule has 124 valence electrons. The first-order chi connectivity index (χ1) is 11.1. The standard InChI is InChI=1S/C16H21FN4O2/c1-11(18-10-22)9-20-6-4-13(5-7-20)21-15-8-12(17)2-3-14(15)19-16(21)23/h2-3,8,10-11,13H,4-7,9H2,1H3,(H,18,22)(H,19,23). The summed E-state index contributed by atoms with van der Waals surface area (Å²) in [4.78, 5) is 27.7. The number of halogens is 1. The number of aromatic amines is 1. The van der Waals surface area contributed by atoms with Gasteiger partial charge in [0, 0.05) is 31.7 Å². The summed E-state index contributed by atoms with van der Waals surface area (Å²) in [6, 6.07) is 4.55. The lowest BCUT2D eigenvalue weighted by atomic mass is 10.0. The highest BCUT2D eigenvalue weighted by atomic mass is 19.1. The first-order valence-corrected chi connectivity index (χ1v) is 7.90.